The summed E-state index contributed by atoms with van der Waals surface area (Å²) in [6, 6.07) is 3.89. The molecule has 98 valence electrons. The van der Waals surface area contributed by atoms with Crippen molar-refractivity contribution in [1.29, 1.82) is 0 Å². The van der Waals surface area contributed by atoms with Crippen LogP contribution in [0.3, 0.4) is 0 Å². The van der Waals surface area contributed by atoms with Crippen LogP contribution in [0.25, 0.3) is 0 Å². The van der Waals surface area contributed by atoms with Gasteiger partial charge in [-0.05, 0) is 25.0 Å². The first-order chi connectivity index (χ1) is 8.74. The Hall–Kier alpha value is -1.13. The van der Waals surface area contributed by atoms with Gasteiger partial charge in [0.1, 0.15) is 5.82 Å². The van der Waals surface area contributed by atoms with Crippen LogP contribution < -0.4 is 10.6 Å². The molecular weight excluding hydrogens is 250 g/mol. The highest BCUT2D eigenvalue weighted by atomic mass is 35.5. The Bertz CT molecular complexity index is 388. The van der Waals surface area contributed by atoms with Crippen molar-refractivity contribution in [3.8, 4) is 0 Å². The van der Waals surface area contributed by atoms with E-state index in [4.69, 9.17) is 11.6 Å². The molecule has 1 aliphatic rings. The van der Waals surface area contributed by atoms with E-state index in [2.05, 4.69) is 15.6 Å². The summed E-state index contributed by atoms with van der Waals surface area (Å²) in [4.78, 5) is 15.7. The van der Waals surface area contributed by atoms with E-state index in [9.17, 15) is 4.79 Å². The summed E-state index contributed by atoms with van der Waals surface area (Å²) in [6.45, 7) is 0.342. The Morgan fingerprint density at radius 3 is 2.78 bits per heavy atom. The lowest BCUT2D eigenvalue weighted by Crippen LogP contribution is -2.37. The van der Waals surface area contributed by atoms with E-state index in [1.807, 2.05) is 0 Å². The zero-order chi connectivity index (χ0) is 12.8. The molecule has 0 unspecified atom stereocenters. The number of anilines is 1. The number of rotatable bonds is 4. The van der Waals surface area contributed by atoms with Crippen molar-refractivity contribution in [1.82, 2.24) is 10.3 Å². The van der Waals surface area contributed by atoms with Crippen molar-refractivity contribution in [3.63, 3.8) is 0 Å². The second-order valence-corrected chi connectivity index (χ2v) is 5.06. The van der Waals surface area contributed by atoms with E-state index in [0.29, 0.717) is 23.4 Å². The molecule has 0 saturated heterocycles. The fraction of sp³-hybridized carbons (Fsp3) is 0.538. The number of pyridine rings is 1. The smallest absolute Gasteiger partial charge is 0.239 e. The summed E-state index contributed by atoms with van der Waals surface area (Å²) in [7, 11) is 0. The van der Waals surface area contributed by atoms with Gasteiger partial charge in [-0.3, -0.25) is 4.79 Å². The van der Waals surface area contributed by atoms with Crippen molar-refractivity contribution in [2.24, 2.45) is 0 Å². The quantitative estimate of drug-likeness (QED) is 0.882. The summed E-state index contributed by atoms with van der Waals surface area (Å²) in [5.74, 6) is 0.477. The maximum absolute atomic E-state index is 11.7. The number of nitrogens with zero attached hydrogens (tertiary/aromatic N) is 1. The monoisotopic (exact) mass is 267 g/mol. The molecule has 2 rings (SSSR count). The minimum atomic E-state index is -0.0598. The lowest BCUT2D eigenvalue weighted by Gasteiger charge is -2.22. The Labute approximate surface area is 112 Å². The van der Waals surface area contributed by atoms with E-state index in [0.717, 1.165) is 0 Å². The van der Waals surface area contributed by atoms with Gasteiger partial charge in [-0.15, -0.1) is 0 Å². The molecule has 18 heavy (non-hydrogen) atoms. The molecule has 1 fully saturated rings. The Balaban J connectivity index is 1.73. The van der Waals surface area contributed by atoms with Crippen LogP contribution in [0, 0.1) is 0 Å². The topological polar surface area (TPSA) is 54.0 Å². The third-order valence-corrected chi connectivity index (χ3v) is 3.37. The fourth-order valence-corrected chi connectivity index (χ4v) is 2.29. The molecule has 5 heteroatoms. The summed E-state index contributed by atoms with van der Waals surface area (Å²) < 4.78 is 0. The highest BCUT2D eigenvalue weighted by Crippen LogP contribution is 2.17. The van der Waals surface area contributed by atoms with Crippen molar-refractivity contribution >= 4 is 23.3 Å². The first-order valence-electron chi connectivity index (χ1n) is 6.39. The predicted molar refractivity (Wildman–Crippen MR) is 72.8 cm³/mol. The number of hydrogen-bond donors (Lipinski definition) is 2. The number of carbonyl (C=O) groups excluding carboxylic acids is 1. The third kappa shape index (κ3) is 4.27. The van der Waals surface area contributed by atoms with Gasteiger partial charge in [0.05, 0.1) is 11.6 Å². The van der Waals surface area contributed by atoms with Crippen LogP contribution >= 0.6 is 11.6 Å². The van der Waals surface area contributed by atoms with Gasteiger partial charge in [0.15, 0.2) is 0 Å². The molecule has 2 N–H and O–H groups in total. The molecule has 4 nitrogen and oxygen atoms in total. The fourth-order valence-electron chi connectivity index (χ4n) is 2.18. The minimum Gasteiger partial charge on any atom is -0.310 e. The zero-order valence-corrected chi connectivity index (χ0v) is 11.0. The van der Waals surface area contributed by atoms with Crippen molar-refractivity contribution in [2.75, 3.05) is 11.9 Å². The summed E-state index contributed by atoms with van der Waals surface area (Å²) in [5.41, 5.74) is 0. The van der Waals surface area contributed by atoms with E-state index >= 15 is 0 Å². The third-order valence-electron chi connectivity index (χ3n) is 3.15. The number of aromatic nitrogens is 1. The average Bonchev–Trinajstić information content (AvgIpc) is 2.40. The van der Waals surface area contributed by atoms with Crippen molar-refractivity contribution in [2.45, 2.75) is 38.1 Å². The molecule has 1 amide bonds. The Morgan fingerprint density at radius 1 is 1.33 bits per heavy atom. The highest BCUT2D eigenvalue weighted by molar-refractivity contribution is 6.30. The molecular formula is C13H18ClN3O. The van der Waals surface area contributed by atoms with Crippen LogP contribution in [-0.4, -0.2) is 23.5 Å². The highest BCUT2D eigenvalue weighted by Gasteiger charge is 2.13. The second-order valence-electron chi connectivity index (χ2n) is 4.63. The first-order valence-corrected chi connectivity index (χ1v) is 6.76. The van der Waals surface area contributed by atoms with E-state index < -0.39 is 0 Å². The molecule has 0 bridgehead atoms. The van der Waals surface area contributed by atoms with Crippen LogP contribution in [0.1, 0.15) is 32.1 Å². The Kier molecular flexibility index (Phi) is 4.96. The summed E-state index contributed by atoms with van der Waals surface area (Å²) in [5, 5.41) is 6.59. The van der Waals surface area contributed by atoms with E-state index in [1.165, 1.54) is 38.3 Å². The number of amides is 1. The second kappa shape index (κ2) is 6.71. The van der Waals surface area contributed by atoms with Gasteiger partial charge in [0.25, 0.3) is 0 Å². The molecule has 1 aromatic heterocycles. The number of carbonyl (C=O) groups is 1. The van der Waals surface area contributed by atoms with Gasteiger partial charge in [0.2, 0.25) is 5.91 Å². The maximum Gasteiger partial charge on any atom is 0.239 e. The lowest BCUT2D eigenvalue weighted by molar-refractivity contribution is -0.115. The molecule has 0 radical (unpaired) electrons. The lowest BCUT2D eigenvalue weighted by atomic mass is 9.95. The summed E-state index contributed by atoms with van der Waals surface area (Å²) in [6.07, 6.45) is 7.71. The number of halogens is 1. The molecule has 1 saturated carbocycles. The average molecular weight is 268 g/mol. The molecule has 0 atom stereocenters. The predicted octanol–water partition coefficient (Wildman–Crippen LogP) is 2.60. The molecule has 0 spiro atoms. The van der Waals surface area contributed by atoms with Crippen LogP contribution in [0.5, 0.6) is 0 Å². The van der Waals surface area contributed by atoms with Crippen molar-refractivity contribution in [3.05, 3.63) is 23.4 Å². The molecule has 1 aliphatic carbocycles. The SMILES string of the molecule is O=C(CNC1CCCCC1)Nc1ccc(Cl)cn1. The van der Waals surface area contributed by atoms with Gasteiger partial charge in [-0.25, -0.2) is 4.98 Å². The van der Waals surface area contributed by atoms with Crippen LogP contribution in [0.15, 0.2) is 18.3 Å². The molecule has 0 aliphatic heterocycles. The number of nitrogens with one attached hydrogen (secondary N) is 2. The molecule has 1 heterocycles. The van der Waals surface area contributed by atoms with Gasteiger partial charge >= 0.3 is 0 Å². The van der Waals surface area contributed by atoms with Crippen LogP contribution in [0.2, 0.25) is 5.02 Å². The Morgan fingerprint density at radius 2 is 2.11 bits per heavy atom. The zero-order valence-electron chi connectivity index (χ0n) is 10.3. The van der Waals surface area contributed by atoms with Gasteiger partial charge in [0, 0.05) is 12.2 Å². The van der Waals surface area contributed by atoms with E-state index in [1.54, 1.807) is 12.1 Å². The molecule has 0 aromatic carbocycles. The van der Waals surface area contributed by atoms with Crippen LogP contribution in [0.4, 0.5) is 5.82 Å². The first kappa shape index (κ1) is 13.3. The van der Waals surface area contributed by atoms with Gasteiger partial charge < -0.3 is 10.6 Å². The normalized spacial score (nSPS) is 16.5. The maximum atomic E-state index is 11.7. The van der Waals surface area contributed by atoms with Crippen molar-refractivity contribution < 1.29 is 4.79 Å². The molecule has 1 aromatic rings. The largest absolute Gasteiger partial charge is 0.310 e. The van der Waals surface area contributed by atoms with Crippen LogP contribution in [-0.2, 0) is 4.79 Å². The van der Waals surface area contributed by atoms with Gasteiger partial charge in [-0.1, -0.05) is 30.9 Å². The number of hydrogen-bond acceptors (Lipinski definition) is 3. The van der Waals surface area contributed by atoms with Gasteiger partial charge in [-0.2, -0.15) is 0 Å². The standard InChI is InChI=1S/C13H18ClN3O/c14-10-6-7-12(16-8-10)17-13(18)9-15-11-4-2-1-3-5-11/h6-8,11,15H,1-5,9H2,(H,16,17,18). The minimum absolute atomic E-state index is 0.0598. The van der Waals surface area contributed by atoms with E-state index in [-0.39, 0.29) is 5.91 Å². The summed E-state index contributed by atoms with van der Waals surface area (Å²) >= 11 is 5.72.